The second-order valence-electron chi connectivity index (χ2n) is 15.4. The molecule has 2 aromatic heterocycles. The van der Waals surface area contributed by atoms with Gasteiger partial charge in [0.25, 0.3) is 5.91 Å². The van der Waals surface area contributed by atoms with E-state index in [0.717, 1.165) is 66.5 Å². The van der Waals surface area contributed by atoms with E-state index in [0.29, 0.717) is 33.5 Å². The number of aryl methyl sites for hydroxylation is 2. The summed E-state index contributed by atoms with van der Waals surface area (Å²) in [6.45, 7) is 10.2. The molecule has 310 valence electrons. The summed E-state index contributed by atoms with van der Waals surface area (Å²) in [5.74, 6) is -1.88. The smallest absolute Gasteiger partial charge is 0.331 e. The SMILES string of the molecule is CCn1c2ccc(C(=O)c3ccc(-n4c5ccccc5c5cc(C(CC(C)N(OC(C)=O)C(C)=O)=NOC(C)=O)ccc54)cc3)cc2c2cc(C(=O)c3ccccc3C)ccc21. The lowest BCUT2D eigenvalue weighted by Gasteiger charge is -2.26. The summed E-state index contributed by atoms with van der Waals surface area (Å²) in [5.41, 5.74) is 8.92. The summed E-state index contributed by atoms with van der Waals surface area (Å²) in [7, 11) is 0. The third-order valence-electron chi connectivity index (χ3n) is 11.2. The second kappa shape index (κ2) is 16.8. The standard InChI is InChI=1S/C51H44N4O7/c1-7-53-46-23-19-37(28-43(46)44-29-38(20-24-47(44)53)51(60)40-13-9-8-12-30(40)2)50(59)35-16-21-39(22-17-35)54-48-15-11-10-14-41(48)42-27-36(18-25-49(42)54)45(52-61-33(5)57)26-31(3)55(32(4)56)62-34(6)58/h8-25,27-29,31H,7,26H2,1-6H3. The van der Waals surface area contributed by atoms with E-state index in [-0.39, 0.29) is 18.0 Å². The first-order valence-electron chi connectivity index (χ1n) is 20.4. The van der Waals surface area contributed by atoms with Gasteiger partial charge in [0.05, 0.1) is 22.8 Å². The molecule has 0 aliphatic carbocycles. The first-order chi connectivity index (χ1) is 29.8. The highest BCUT2D eigenvalue weighted by atomic mass is 16.7. The number of oxime groups is 1. The highest BCUT2D eigenvalue weighted by Crippen LogP contribution is 2.35. The zero-order chi connectivity index (χ0) is 43.8. The van der Waals surface area contributed by atoms with Gasteiger partial charge in [-0.3, -0.25) is 19.2 Å². The molecule has 0 bridgehead atoms. The molecule has 8 aromatic rings. The van der Waals surface area contributed by atoms with Crippen LogP contribution in [0.5, 0.6) is 0 Å². The number of hydrogen-bond acceptors (Lipinski definition) is 8. The first-order valence-corrected chi connectivity index (χ1v) is 20.4. The fraction of sp³-hybridized carbons (Fsp3) is 0.176. The van der Waals surface area contributed by atoms with E-state index in [9.17, 15) is 24.0 Å². The van der Waals surface area contributed by atoms with Gasteiger partial charge in [0.1, 0.15) is 0 Å². The van der Waals surface area contributed by atoms with Gasteiger partial charge in [0.2, 0.25) is 0 Å². The van der Waals surface area contributed by atoms with Gasteiger partial charge in [-0.05, 0) is 105 Å². The predicted octanol–water partition coefficient (Wildman–Crippen LogP) is 10.1. The molecule has 0 aliphatic rings. The van der Waals surface area contributed by atoms with Crippen molar-refractivity contribution in [1.29, 1.82) is 0 Å². The van der Waals surface area contributed by atoms with Gasteiger partial charge < -0.3 is 18.8 Å². The molecule has 1 unspecified atom stereocenters. The Morgan fingerprint density at radius 3 is 1.79 bits per heavy atom. The summed E-state index contributed by atoms with van der Waals surface area (Å²) in [4.78, 5) is 74.0. The Morgan fingerprint density at radius 1 is 0.613 bits per heavy atom. The van der Waals surface area contributed by atoms with Crippen molar-refractivity contribution < 1.29 is 33.6 Å². The molecule has 0 fully saturated rings. The molecule has 8 rings (SSSR count). The zero-order valence-electron chi connectivity index (χ0n) is 35.3. The van der Waals surface area contributed by atoms with Crippen LogP contribution < -0.4 is 0 Å². The number of nitrogens with zero attached hydrogens (tertiary/aromatic N) is 4. The number of amides is 1. The molecule has 11 heteroatoms. The van der Waals surface area contributed by atoms with Gasteiger partial charge in [-0.2, -0.15) is 5.06 Å². The lowest BCUT2D eigenvalue weighted by atomic mass is 9.97. The third-order valence-corrected chi connectivity index (χ3v) is 11.2. The molecule has 1 amide bonds. The Labute approximate surface area is 357 Å². The molecule has 2 heterocycles. The highest BCUT2D eigenvalue weighted by Gasteiger charge is 2.25. The van der Waals surface area contributed by atoms with Crippen molar-refractivity contribution in [2.45, 2.75) is 60.5 Å². The average molecular weight is 825 g/mol. The Kier molecular flexibility index (Phi) is 11.1. The van der Waals surface area contributed by atoms with Crippen LogP contribution in [0, 0.1) is 6.92 Å². The van der Waals surface area contributed by atoms with Gasteiger partial charge in [-0.1, -0.05) is 53.7 Å². The summed E-state index contributed by atoms with van der Waals surface area (Å²) in [6, 6.07) is 39.8. The molecule has 0 saturated heterocycles. The minimum Gasteiger partial charge on any atom is -0.341 e. The third kappa shape index (κ3) is 7.64. The van der Waals surface area contributed by atoms with Crippen LogP contribution in [0.4, 0.5) is 0 Å². The van der Waals surface area contributed by atoms with Crippen LogP contribution in [0.3, 0.4) is 0 Å². The number of hydrogen-bond donors (Lipinski definition) is 0. The van der Waals surface area contributed by atoms with E-state index in [1.165, 1.54) is 20.8 Å². The minimum atomic E-state index is -0.641. The van der Waals surface area contributed by atoms with E-state index in [1.807, 2.05) is 134 Å². The normalized spacial score (nSPS) is 12.2. The van der Waals surface area contributed by atoms with Crippen LogP contribution in [-0.2, 0) is 30.6 Å². The summed E-state index contributed by atoms with van der Waals surface area (Å²) >= 11 is 0. The zero-order valence-corrected chi connectivity index (χ0v) is 35.3. The van der Waals surface area contributed by atoms with Crippen molar-refractivity contribution in [2.24, 2.45) is 5.16 Å². The number of ketones is 2. The van der Waals surface area contributed by atoms with Crippen LogP contribution in [0.1, 0.15) is 84.0 Å². The quantitative estimate of drug-likeness (QED) is 0.0550. The Bertz CT molecular complexity index is 3150. The molecule has 11 nitrogen and oxygen atoms in total. The lowest BCUT2D eigenvalue weighted by Crippen LogP contribution is -2.39. The Balaban J connectivity index is 1.13. The van der Waals surface area contributed by atoms with Crippen molar-refractivity contribution in [3.63, 3.8) is 0 Å². The Morgan fingerprint density at radius 2 is 1.16 bits per heavy atom. The van der Waals surface area contributed by atoms with Gasteiger partial charge in [0, 0.05) is 99.8 Å². The second-order valence-corrected chi connectivity index (χ2v) is 15.4. The highest BCUT2D eigenvalue weighted by molar-refractivity contribution is 6.18. The molecular formula is C51H44N4O7. The van der Waals surface area contributed by atoms with E-state index in [1.54, 1.807) is 6.92 Å². The fourth-order valence-electron chi connectivity index (χ4n) is 8.36. The largest absolute Gasteiger partial charge is 0.341 e. The molecular weight excluding hydrogens is 781 g/mol. The minimum absolute atomic E-state index is 0.0406. The van der Waals surface area contributed by atoms with E-state index < -0.39 is 23.9 Å². The predicted molar refractivity (Wildman–Crippen MR) is 241 cm³/mol. The van der Waals surface area contributed by atoms with E-state index >= 15 is 0 Å². The van der Waals surface area contributed by atoms with Crippen molar-refractivity contribution in [3.8, 4) is 5.69 Å². The topological polar surface area (TPSA) is 129 Å². The summed E-state index contributed by atoms with van der Waals surface area (Å²) < 4.78 is 4.32. The molecule has 1 atom stereocenters. The number of para-hydroxylation sites is 1. The number of rotatable bonds is 11. The lowest BCUT2D eigenvalue weighted by molar-refractivity contribution is -0.202. The van der Waals surface area contributed by atoms with Gasteiger partial charge in [-0.25, -0.2) is 4.79 Å². The van der Waals surface area contributed by atoms with E-state index in [2.05, 4.69) is 21.2 Å². The van der Waals surface area contributed by atoms with Crippen LogP contribution in [0.15, 0.2) is 133 Å². The maximum Gasteiger partial charge on any atom is 0.331 e. The maximum absolute atomic E-state index is 14.2. The molecule has 0 N–H and O–H groups in total. The molecule has 6 aromatic carbocycles. The average Bonchev–Trinajstić information content (AvgIpc) is 3.77. The molecule has 62 heavy (non-hydrogen) atoms. The van der Waals surface area contributed by atoms with Crippen LogP contribution >= 0.6 is 0 Å². The molecule has 0 saturated carbocycles. The van der Waals surface area contributed by atoms with Crippen molar-refractivity contribution in [1.82, 2.24) is 14.2 Å². The summed E-state index contributed by atoms with van der Waals surface area (Å²) in [6.07, 6.45) is 0.113. The van der Waals surface area contributed by atoms with E-state index in [4.69, 9.17) is 9.68 Å². The first kappa shape index (κ1) is 41.1. The molecule has 0 radical (unpaired) electrons. The van der Waals surface area contributed by atoms with Crippen molar-refractivity contribution >= 4 is 78.7 Å². The molecule has 0 spiro atoms. The fourth-order valence-corrected chi connectivity index (χ4v) is 8.36. The number of benzene rings is 6. The number of carbonyl (C=O) groups excluding carboxylic acids is 5. The van der Waals surface area contributed by atoms with Crippen LogP contribution in [0.25, 0.3) is 49.3 Å². The van der Waals surface area contributed by atoms with Gasteiger partial charge in [-0.15, -0.1) is 0 Å². The number of aromatic nitrogens is 2. The Hall–Kier alpha value is -7.66. The number of fused-ring (bicyclic) bond motifs is 6. The molecule has 0 aliphatic heterocycles. The van der Waals surface area contributed by atoms with Crippen molar-refractivity contribution in [3.05, 3.63) is 161 Å². The number of carbonyl (C=O) groups is 5. The number of hydroxylamine groups is 2. The van der Waals surface area contributed by atoms with Gasteiger partial charge in [0.15, 0.2) is 11.6 Å². The maximum atomic E-state index is 14.2. The van der Waals surface area contributed by atoms with Gasteiger partial charge >= 0.3 is 11.9 Å². The monoisotopic (exact) mass is 824 g/mol. The van der Waals surface area contributed by atoms with Crippen molar-refractivity contribution in [2.75, 3.05) is 0 Å². The van der Waals surface area contributed by atoms with Crippen LogP contribution in [0.2, 0.25) is 0 Å². The van der Waals surface area contributed by atoms with Crippen LogP contribution in [-0.4, -0.2) is 55.4 Å². The summed E-state index contributed by atoms with van der Waals surface area (Å²) in [5, 5.41) is 8.82.